The third kappa shape index (κ3) is 3.06. The summed E-state index contributed by atoms with van der Waals surface area (Å²) in [4.78, 5) is 4.34. The van der Waals surface area contributed by atoms with Gasteiger partial charge in [0.25, 0.3) is 0 Å². The van der Waals surface area contributed by atoms with Crippen LogP contribution in [0, 0.1) is 0 Å². The Kier molecular flexibility index (Phi) is 4.18. The van der Waals surface area contributed by atoms with Crippen LogP contribution in [0.4, 0.5) is 0 Å². The van der Waals surface area contributed by atoms with Gasteiger partial charge in [0, 0.05) is 22.6 Å². The standard InChI is InChI=1S/C17H15BrN2O/c1-19-11-12-7-8-13(10-15(12)18)21-17-6-2-5-16-14(17)4-3-9-20-16/h2-10,19H,11H2,1H3. The summed E-state index contributed by atoms with van der Waals surface area (Å²) in [6, 6.07) is 15.8. The zero-order chi connectivity index (χ0) is 14.7. The van der Waals surface area contributed by atoms with E-state index in [1.807, 2.05) is 49.5 Å². The average molecular weight is 343 g/mol. The highest BCUT2D eigenvalue weighted by Gasteiger charge is 2.06. The van der Waals surface area contributed by atoms with Crippen molar-refractivity contribution in [1.29, 1.82) is 0 Å². The topological polar surface area (TPSA) is 34.1 Å². The Balaban J connectivity index is 1.93. The first kappa shape index (κ1) is 14.0. The maximum Gasteiger partial charge on any atom is 0.136 e. The SMILES string of the molecule is CNCc1ccc(Oc2cccc3ncccc23)cc1Br. The van der Waals surface area contributed by atoms with Crippen LogP contribution >= 0.6 is 15.9 Å². The molecule has 0 radical (unpaired) electrons. The molecule has 0 aliphatic carbocycles. The van der Waals surface area contributed by atoms with Crippen molar-refractivity contribution in [1.82, 2.24) is 10.3 Å². The second-order valence-electron chi connectivity index (χ2n) is 4.71. The van der Waals surface area contributed by atoms with Gasteiger partial charge in [0.2, 0.25) is 0 Å². The van der Waals surface area contributed by atoms with E-state index in [1.54, 1.807) is 6.20 Å². The molecule has 106 valence electrons. The number of benzene rings is 2. The first-order valence-electron chi connectivity index (χ1n) is 6.72. The highest BCUT2D eigenvalue weighted by Crippen LogP contribution is 2.31. The molecule has 1 N–H and O–H groups in total. The molecular weight excluding hydrogens is 328 g/mol. The molecular formula is C17H15BrN2O. The summed E-state index contributed by atoms with van der Waals surface area (Å²) in [7, 11) is 1.93. The van der Waals surface area contributed by atoms with Crippen LogP contribution in [-0.4, -0.2) is 12.0 Å². The highest BCUT2D eigenvalue weighted by atomic mass is 79.9. The Hall–Kier alpha value is -1.91. The zero-order valence-corrected chi connectivity index (χ0v) is 13.2. The lowest BCUT2D eigenvalue weighted by atomic mass is 10.2. The lowest BCUT2D eigenvalue weighted by molar-refractivity contribution is 0.487. The molecule has 1 aromatic heterocycles. The minimum absolute atomic E-state index is 0.804. The first-order valence-corrected chi connectivity index (χ1v) is 7.52. The molecule has 21 heavy (non-hydrogen) atoms. The molecule has 2 aromatic carbocycles. The van der Waals surface area contributed by atoms with E-state index in [0.29, 0.717) is 0 Å². The van der Waals surface area contributed by atoms with Gasteiger partial charge >= 0.3 is 0 Å². The molecule has 3 aromatic rings. The van der Waals surface area contributed by atoms with E-state index in [9.17, 15) is 0 Å². The van der Waals surface area contributed by atoms with E-state index in [-0.39, 0.29) is 0 Å². The third-order valence-electron chi connectivity index (χ3n) is 3.23. The lowest BCUT2D eigenvalue weighted by Crippen LogP contribution is -2.05. The van der Waals surface area contributed by atoms with Crippen LogP contribution in [0.3, 0.4) is 0 Å². The molecule has 0 aliphatic heterocycles. The predicted octanol–water partition coefficient (Wildman–Crippen LogP) is 4.51. The molecule has 0 spiro atoms. The van der Waals surface area contributed by atoms with E-state index in [4.69, 9.17) is 4.74 Å². The minimum Gasteiger partial charge on any atom is -0.457 e. The fourth-order valence-corrected chi connectivity index (χ4v) is 2.71. The molecule has 0 bridgehead atoms. The highest BCUT2D eigenvalue weighted by molar-refractivity contribution is 9.10. The number of fused-ring (bicyclic) bond motifs is 1. The van der Waals surface area contributed by atoms with E-state index in [1.165, 1.54) is 5.56 Å². The Morgan fingerprint density at radius 1 is 1.14 bits per heavy atom. The summed E-state index contributed by atoms with van der Waals surface area (Å²) >= 11 is 3.58. The maximum atomic E-state index is 6.02. The minimum atomic E-state index is 0.804. The van der Waals surface area contributed by atoms with Crippen LogP contribution in [0.15, 0.2) is 59.2 Å². The second-order valence-corrected chi connectivity index (χ2v) is 5.57. The summed E-state index contributed by atoms with van der Waals surface area (Å²) in [6.07, 6.45) is 1.79. The number of nitrogens with zero attached hydrogens (tertiary/aromatic N) is 1. The van der Waals surface area contributed by atoms with E-state index in [2.05, 4.69) is 32.3 Å². The predicted molar refractivity (Wildman–Crippen MR) is 88.7 cm³/mol. The van der Waals surface area contributed by atoms with Gasteiger partial charge in [0.05, 0.1) is 5.52 Å². The van der Waals surface area contributed by atoms with Crippen molar-refractivity contribution in [2.45, 2.75) is 6.54 Å². The summed E-state index contributed by atoms with van der Waals surface area (Å²) in [5.74, 6) is 1.62. The quantitative estimate of drug-likeness (QED) is 0.757. The number of halogens is 1. The summed E-state index contributed by atoms with van der Waals surface area (Å²) < 4.78 is 7.05. The molecule has 0 atom stereocenters. The van der Waals surface area contributed by atoms with Crippen molar-refractivity contribution in [3.8, 4) is 11.5 Å². The smallest absolute Gasteiger partial charge is 0.136 e. The van der Waals surface area contributed by atoms with Gasteiger partial charge < -0.3 is 10.1 Å². The zero-order valence-electron chi connectivity index (χ0n) is 11.6. The molecule has 1 heterocycles. The lowest BCUT2D eigenvalue weighted by Gasteiger charge is -2.10. The van der Waals surface area contributed by atoms with Crippen molar-refractivity contribution >= 4 is 26.8 Å². The molecule has 0 unspecified atom stereocenters. The fraction of sp³-hybridized carbons (Fsp3) is 0.118. The molecule has 3 rings (SSSR count). The van der Waals surface area contributed by atoms with Crippen molar-refractivity contribution < 1.29 is 4.74 Å². The van der Waals surface area contributed by atoms with E-state index < -0.39 is 0 Å². The van der Waals surface area contributed by atoms with Gasteiger partial charge in [-0.15, -0.1) is 0 Å². The van der Waals surface area contributed by atoms with E-state index >= 15 is 0 Å². The Morgan fingerprint density at radius 2 is 2.05 bits per heavy atom. The molecule has 0 amide bonds. The average Bonchev–Trinajstić information content (AvgIpc) is 2.51. The maximum absolute atomic E-state index is 6.02. The first-order chi connectivity index (χ1) is 10.3. The van der Waals surface area contributed by atoms with Crippen LogP contribution in [0.2, 0.25) is 0 Å². The molecule has 0 saturated heterocycles. The van der Waals surface area contributed by atoms with Gasteiger partial charge in [-0.3, -0.25) is 4.98 Å². The number of hydrogen-bond acceptors (Lipinski definition) is 3. The van der Waals surface area contributed by atoms with Gasteiger partial charge in [-0.05, 0) is 49.0 Å². The largest absolute Gasteiger partial charge is 0.457 e. The van der Waals surface area contributed by atoms with Gasteiger partial charge in [0.15, 0.2) is 0 Å². The Morgan fingerprint density at radius 3 is 2.86 bits per heavy atom. The fourth-order valence-electron chi connectivity index (χ4n) is 2.22. The number of nitrogens with one attached hydrogen (secondary N) is 1. The number of hydrogen-bond donors (Lipinski definition) is 1. The molecule has 0 aliphatic rings. The van der Waals surface area contributed by atoms with Crippen LogP contribution in [0.5, 0.6) is 11.5 Å². The molecule has 4 heteroatoms. The van der Waals surface area contributed by atoms with Crippen molar-refractivity contribution in [2.75, 3.05) is 7.05 Å². The number of pyridine rings is 1. The van der Waals surface area contributed by atoms with Crippen LogP contribution in [-0.2, 0) is 6.54 Å². The van der Waals surface area contributed by atoms with Crippen LogP contribution in [0.25, 0.3) is 10.9 Å². The van der Waals surface area contributed by atoms with Gasteiger partial charge in [-0.2, -0.15) is 0 Å². The van der Waals surface area contributed by atoms with E-state index in [0.717, 1.165) is 33.4 Å². The van der Waals surface area contributed by atoms with Crippen LogP contribution in [0.1, 0.15) is 5.56 Å². The Labute approximate surface area is 132 Å². The number of aromatic nitrogens is 1. The van der Waals surface area contributed by atoms with Crippen molar-refractivity contribution in [3.05, 3.63) is 64.8 Å². The molecule has 0 fully saturated rings. The summed E-state index contributed by atoms with van der Waals surface area (Å²) in [5, 5.41) is 4.15. The molecule has 3 nitrogen and oxygen atoms in total. The summed E-state index contributed by atoms with van der Waals surface area (Å²) in [5.41, 5.74) is 2.13. The van der Waals surface area contributed by atoms with Crippen molar-refractivity contribution in [3.63, 3.8) is 0 Å². The van der Waals surface area contributed by atoms with Gasteiger partial charge in [-0.25, -0.2) is 0 Å². The van der Waals surface area contributed by atoms with Gasteiger partial charge in [-0.1, -0.05) is 28.1 Å². The number of rotatable bonds is 4. The van der Waals surface area contributed by atoms with Crippen LogP contribution < -0.4 is 10.1 Å². The monoisotopic (exact) mass is 342 g/mol. The summed E-state index contributed by atoms with van der Waals surface area (Å²) in [6.45, 7) is 0.819. The second kappa shape index (κ2) is 6.24. The van der Waals surface area contributed by atoms with Crippen molar-refractivity contribution in [2.24, 2.45) is 0 Å². The normalized spacial score (nSPS) is 10.8. The molecule has 0 saturated carbocycles. The number of ether oxygens (including phenoxy) is 1. The van der Waals surface area contributed by atoms with Gasteiger partial charge in [0.1, 0.15) is 11.5 Å². The Bertz CT molecular complexity index is 768. The third-order valence-corrected chi connectivity index (χ3v) is 3.96.